The Bertz CT molecular complexity index is 1460. The van der Waals surface area contributed by atoms with Gasteiger partial charge in [-0.15, -0.1) is 0 Å². The van der Waals surface area contributed by atoms with Gasteiger partial charge in [-0.25, -0.2) is 9.59 Å². The van der Waals surface area contributed by atoms with Crippen molar-refractivity contribution in [3.05, 3.63) is 89.5 Å². The van der Waals surface area contributed by atoms with E-state index in [2.05, 4.69) is 20.9 Å². The number of amidine groups is 1. The van der Waals surface area contributed by atoms with Crippen LogP contribution >= 0.6 is 0 Å². The molecule has 0 spiro atoms. The van der Waals surface area contributed by atoms with Crippen molar-refractivity contribution in [1.82, 2.24) is 10.6 Å². The van der Waals surface area contributed by atoms with Crippen LogP contribution in [0.25, 0.3) is 11.1 Å². The third-order valence-electron chi connectivity index (χ3n) is 7.12. The van der Waals surface area contributed by atoms with Crippen LogP contribution in [0.15, 0.2) is 77.8 Å². The molecule has 3 amide bonds. The van der Waals surface area contributed by atoms with Crippen LogP contribution in [0, 0.1) is 0 Å². The normalized spacial score (nSPS) is 12.9. The maximum atomic E-state index is 13.0. The van der Waals surface area contributed by atoms with E-state index in [4.69, 9.17) is 15.6 Å². The van der Waals surface area contributed by atoms with Crippen LogP contribution in [0.3, 0.4) is 0 Å². The number of fused-ring (bicyclic) bond motifs is 3. The molecule has 11 nitrogen and oxygen atoms in total. The first-order chi connectivity index (χ1) is 20.8. The Morgan fingerprint density at radius 1 is 0.953 bits per heavy atom. The lowest BCUT2D eigenvalue weighted by atomic mass is 9.98. The molecule has 0 unspecified atom stereocenters. The number of carbonyl (C=O) groups is 4. The van der Waals surface area contributed by atoms with Gasteiger partial charge in [0.2, 0.25) is 11.8 Å². The maximum absolute atomic E-state index is 13.0. The summed E-state index contributed by atoms with van der Waals surface area (Å²) >= 11 is 0. The number of rotatable bonds is 13. The van der Waals surface area contributed by atoms with Crippen molar-refractivity contribution in [2.45, 2.75) is 38.1 Å². The second-order valence-electron chi connectivity index (χ2n) is 10.0. The van der Waals surface area contributed by atoms with Gasteiger partial charge in [-0.1, -0.05) is 55.5 Å². The average molecular weight is 586 g/mol. The number of hydrogen-bond acceptors (Lipinski definition) is 6. The molecule has 1 aliphatic rings. The minimum atomic E-state index is -1.08. The summed E-state index contributed by atoms with van der Waals surface area (Å²) in [4.78, 5) is 53.6. The lowest BCUT2D eigenvalue weighted by molar-refractivity contribution is -0.125. The molecule has 0 saturated heterocycles. The molecular formula is C32H35N5O6. The molecule has 1 atom stereocenters. The Morgan fingerprint density at radius 2 is 1.58 bits per heavy atom. The van der Waals surface area contributed by atoms with Gasteiger partial charge in [0, 0.05) is 24.6 Å². The lowest BCUT2D eigenvalue weighted by Gasteiger charge is -2.19. The topological polar surface area (TPSA) is 172 Å². The fourth-order valence-electron chi connectivity index (χ4n) is 4.87. The number of benzene rings is 3. The van der Waals surface area contributed by atoms with Gasteiger partial charge >= 0.3 is 12.1 Å². The third kappa shape index (κ3) is 8.19. The highest BCUT2D eigenvalue weighted by Crippen LogP contribution is 2.44. The first kappa shape index (κ1) is 30.8. The summed E-state index contributed by atoms with van der Waals surface area (Å²) in [7, 11) is 0. The molecule has 0 saturated carbocycles. The largest absolute Gasteiger partial charge is 0.478 e. The molecule has 11 heteroatoms. The Hall–Kier alpha value is -5.19. The minimum Gasteiger partial charge on any atom is -0.478 e. The van der Waals surface area contributed by atoms with Gasteiger partial charge in [0.15, 0.2) is 0 Å². The van der Waals surface area contributed by atoms with E-state index in [9.17, 15) is 19.2 Å². The predicted molar refractivity (Wildman–Crippen MR) is 163 cm³/mol. The van der Waals surface area contributed by atoms with Crippen LogP contribution in [0.5, 0.6) is 0 Å². The number of amides is 3. The molecule has 0 aliphatic heterocycles. The fourth-order valence-corrected chi connectivity index (χ4v) is 4.87. The number of aromatic carboxylic acids is 1. The van der Waals surface area contributed by atoms with E-state index in [1.807, 2.05) is 55.5 Å². The Labute approximate surface area is 249 Å². The number of aliphatic imine (C=N–C) groups is 1. The van der Waals surface area contributed by atoms with Crippen LogP contribution in [0.4, 0.5) is 10.5 Å². The van der Waals surface area contributed by atoms with Crippen molar-refractivity contribution >= 4 is 35.4 Å². The number of carbonyl (C=O) groups excluding carboxylic acids is 3. The Balaban J connectivity index is 1.35. The van der Waals surface area contributed by atoms with E-state index in [1.165, 1.54) is 24.3 Å². The van der Waals surface area contributed by atoms with Crippen LogP contribution in [-0.2, 0) is 14.3 Å². The second kappa shape index (κ2) is 14.6. The maximum Gasteiger partial charge on any atom is 0.407 e. The SMILES string of the molecule is CCC(N)=NCCC[C@@H](NC(=O)OCC1c2ccccc2-c2ccccc21)C(=O)NCC(=O)Nc1ccc(C(=O)O)cc1. The smallest absolute Gasteiger partial charge is 0.407 e. The van der Waals surface area contributed by atoms with E-state index >= 15 is 0 Å². The highest BCUT2D eigenvalue weighted by molar-refractivity contribution is 5.96. The minimum absolute atomic E-state index is 0.0819. The average Bonchev–Trinajstić information content (AvgIpc) is 3.34. The highest BCUT2D eigenvalue weighted by Gasteiger charge is 2.30. The van der Waals surface area contributed by atoms with E-state index in [-0.39, 0.29) is 31.1 Å². The van der Waals surface area contributed by atoms with Crippen molar-refractivity contribution < 1.29 is 29.0 Å². The lowest BCUT2D eigenvalue weighted by Crippen LogP contribution is -2.48. The monoisotopic (exact) mass is 585 g/mol. The zero-order valence-corrected chi connectivity index (χ0v) is 23.8. The van der Waals surface area contributed by atoms with Gasteiger partial charge in [-0.2, -0.15) is 0 Å². The van der Waals surface area contributed by atoms with Gasteiger partial charge in [0.1, 0.15) is 12.6 Å². The van der Waals surface area contributed by atoms with Gasteiger partial charge in [0.05, 0.1) is 17.9 Å². The molecule has 3 aromatic rings. The van der Waals surface area contributed by atoms with Gasteiger partial charge < -0.3 is 31.5 Å². The summed E-state index contributed by atoms with van der Waals surface area (Å²) in [5, 5.41) is 16.8. The quantitative estimate of drug-likeness (QED) is 0.115. The molecular weight excluding hydrogens is 550 g/mol. The molecule has 224 valence electrons. The van der Waals surface area contributed by atoms with Crippen LogP contribution < -0.4 is 21.7 Å². The molecule has 4 rings (SSSR count). The van der Waals surface area contributed by atoms with Crippen molar-refractivity contribution in [3.63, 3.8) is 0 Å². The third-order valence-corrected chi connectivity index (χ3v) is 7.12. The van der Waals surface area contributed by atoms with Crippen molar-refractivity contribution in [3.8, 4) is 11.1 Å². The van der Waals surface area contributed by atoms with Gasteiger partial charge in [-0.3, -0.25) is 14.6 Å². The fraction of sp³-hybridized carbons (Fsp3) is 0.281. The molecule has 0 bridgehead atoms. The second-order valence-corrected chi connectivity index (χ2v) is 10.0. The number of nitrogens with two attached hydrogens (primary N) is 1. The van der Waals surface area contributed by atoms with E-state index < -0.39 is 29.9 Å². The summed E-state index contributed by atoms with van der Waals surface area (Å²) < 4.78 is 5.61. The molecule has 1 aliphatic carbocycles. The van der Waals surface area contributed by atoms with Crippen LogP contribution in [0.1, 0.15) is 53.6 Å². The summed E-state index contributed by atoms with van der Waals surface area (Å²) in [5.74, 6) is -1.79. The highest BCUT2D eigenvalue weighted by atomic mass is 16.5. The molecule has 0 heterocycles. The summed E-state index contributed by atoms with van der Waals surface area (Å²) in [6.45, 7) is 2.00. The summed E-state index contributed by atoms with van der Waals surface area (Å²) in [6.07, 6.45) is 0.566. The predicted octanol–water partition coefficient (Wildman–Crippen LogP) is 3.89. The number of carboxylic acid groups (broad SMARTS) is 1. The first-order valence-corrected chi connectivity index (χ1v) is 14.1. The molecule has 0 radical (unpaired) electrons. The number of hydrogen-bond donors (Lipinski definition) is 5. The standard InChI is InChI=1S/C32H35N5O6/c1-2-28(33)34-17-7-12-27(30(39)35-18-29(38)36-21-15-13-20(14-16-21)31(40)41)37-32(42)43-19-26-24-10-5-3-8-22(24)23-9-4-6-11-25(23)26/h3-6,8-11,13-16,26-27H,2,7,12,17-19H2,1H3,(H2,33,34)(H,35,39)(H,36,38)(H,37,42)(H,40,41)/t27-/m1/s1. The van der Waals surface area contributed by atoms with Crippen LogP contribution in [-0.4, -0.2) is 60.6 Å². The van der Waals surface area contributed by atoms with Crippen LogP contribution in [0.2, 0.25) is 0 Å². The molecule has 43 heavy (non-hydrogen) atoms. The Kier molecular flexibility index (Phi) is 10.5. The number of ether oxygens (including phenoxy) is 1. The molecule has 0 fully saturated rings. The number of nitrogens with one attached hydrogen (secondary N) is 3. The Morgan fingerprint density at radius 3 is 2.19 bits per heavy atom. The number of carboxylic acids is 1. The van der Waals surface area contributed by atoms with Crippen molar-refractivity contribution in [2.24, 2.45) is 10.7 Å². The zero-order valence-electron chi connectivity index (χ0n) is 23.8. The number of nitrogens with zero attached hydrogens (tertiary/aromatic N) is 1. The number of anilines is 1. The molecule has 3 aromatic carbocycles. The number of alkyl carbamates (subject to hydrolysis) is 1. The van der Waals surface area contributed by atoms with E-state index in [0.717, 1.165) is 22.3 Å². The van der Waals surface area contributed by atoms with Gasteiger partial charge in [-0.05, 0) is 59.4 Å². The van der Waals surface area contributed by atoms with Crippen molar-refractivity contribution in [1.29, 1.82) is 0 Å². The van der Waals surface area contributed by atoms with E-state index in [0.29, 0.717) is 30.9 Å². The first-order valence-electron chi connectivity index (χ1n) is 14.1. The summed E-state index contributed by atoms with van der Waals surface area (Å²) in [6, 6.07) is 20.6. The molecule has 0 aromatic heterocycles. The summed E-state index contributed by atoms with van der Waals surface area (Å²) in [5.41, 5.74) is 10.6. The molecule has 6 N–H and O–H groups in total. The van der Waals surface area contributed by atoms with E-state index in [1.54, 1.807) is 0 Å². The van der Waals surface area contributed by atoms with Gasteiger partial charge in [0.25, 0.3) is 0 Å². The zero-order chi connectivity index (χ0) is 30.8. The van der Waals surface area contributed by atoms with Crippen molar-refractivity contribution in [2.75, 3.05) is 25.0 Å².